The van der Waals surface area contributed by atoms with E-state index in [1.165, 1.54) is 0 Å². The summed E-state index contributed by atoms with van der Waals surface area (Å²) >= 11 is 1.75. The number of thioether (sulfide) groups is 1. The number of hydrogen-bond donors (Lipinski definition) is 0. The summed E-state index contributed by atoms with van der Waals surface area (Å²) in [4.78, 5) is 27.9. The number of carbonyl (C=O) groups is 2. The third-order valence-electron chi connectivity index (χ3n) is 5.04. The molecule has 26 heavy (non-hydrogen) atoms. The Hall–Kier alpha value is -2.27. The number of esters is 1. The van der Waals surface area contributed by atoms with E-state index in [0.717, 1.165) is 28.3 Å². The summed E-state index contributed by atoms with van der Waals surface area (Å²) in [5, 5.41) is 0. The normalized spacial score (nSPS) is 23.9. The van der Waals surface area contributed by atoms with Crippen molar-refractivity contribution < 1.29 is 14.3 Å². The van der Waals surface area contributed by atoms with Crippen molar-refractivity contribution in [2.24, 2.45) is 11.8 Å². The van der Waals surface area contributed by atoms with E-state index < -0.39 is 0 Å². The Labute approximate surface area is 157 Å². The maximum absolute atomic E-state index is 13.0. The highest BCUT2D eigenvalue weighted by atomic mass is 32.2. The molecule has 0 bridgehead atoms. The van der Waals surface area contributed by atoms with Gasteiger partial charge in [0.1, 0.15) is 0 Å². The van der Waals surface area contributed by atoms with E-state index in [9.17, 15) is 9.59 Å². The lowest BCUT2D eigenvalue weighted by Gasteiger charge is -2.37. The van der Waals surface area contributed by atoms with E-state index in [0.29, 0.717) is 5.92 Å². The molecule has 0 aromatic heterocycles. The number of benzene rings is 2. The van der Waals surface area contributed by atoms with Gasteiger partial charge in [-0.2, -0.15) is 0 Å². The first kappa shape index (κ1) is 17.2. The van der Waals surface area contributed by atoms with Crippen molar-refractivity contribution >= 4 is 29.3 Å². The number of nitrogens with zero attached hydrogens (tertiary/aromatic N) is 1. The average Bonchev–Trinajstić information content (AvgIpc) is 3.42. The fourth-order valence-electron chi connectivity index (χ4n) is 3.38. The zero-order valence-corrected chi connectivity index (χ0v) is 15.4. The fourth-order valence-corrected chi connectivity index (χ4v) is 4.55. The van der Waals surface area contributed by atoms with Crippen molar-refractivity contribution in [3.63, 3.8) is 0 Å². The zero-order chi connectivity index (χ0) is 18.1. The lowest BCUT2D eigenvalue weighted by Crippen LogP contribution is -2.41. The van der Waals surface area contributed by atoms with E-state index in [-0.39, 0.29) is 30.4 Å². The fraction of sp³-hybridized carbons (Fsp3) is 0.333. The van der Waals surface area contributed by atoms with E-state index in [2.05, 4.69) is 0 Å². The molecule has 1 amide bonds. The Morgan fingerprint density at radius 3 is 2.54 bits per heavy atom. The Balaban J connectivity index is 1.58. The van der Waals surface area contributed by atoms with Crippen molar-refractivity contribution in [3.8, 4) is 0 Å². The molecule has 2 aromatic rings. The second kappa shape index (κ2) is 7.16. The van der Waals surface area contributed by atoms with Crippen LogP contribution in [0.5, 0.6) is 0 Å². The van der Waals surface area contributed by atoms with Gasteiger partial charge in [0.05, 0.1) is 17.6 Å². The molecule has 0 N–H and O–H groups in total. The lowest BCUT2D eigenvalue weighted by atomic mass is 10.1. The highest BCUT2D eigenvalue weighted by molar-refractivity contribution is 7.99. The Bertz CT molecular complexity index is 823. The van der Waals surface area contributed by atoms with Crippen LogP contribution in [0.3, 0.4) is 0 Å². The molecule has 3 atom stereocenters. The lowest BCUT2D eigenvalue weighted by molar-refractivity contribution is -0.149. The van der Waals surface area contributed by atoms with Gasteiger partial charge in [0.25, 0.3) is 5.91 Å². The van der Waals surface area contributed by atoms with E-state index in [4.69, 9.17) is 4.74 Å². The molecule has 4 rings (SSSR count). The van der Waals surface area contributed by atoms with E-state index in [1.807, 2.05) is 61.5 Å². The first-order valence-electron chi connectivity index (χ1n) is 8.90. The van der Waals surface area contributed by atoms with E-state index in [1.54, 1.807) is 16.7 Å². The zero-order valence-electron chi connectivity index (χ0n) is 14.6. The number of carbonyl (C=O) groups excluding carboxylic acids is 2. The van der Waals surface area contributed by atoms with Crippen molar-refractivity contribution in [3.05, 3.63) is 60.2 Å². The Morgan fingerprint density at radius 1 is 1.12 bits per heavy atom. The number of para-hydroxylation sites is 1. The number of amides is 1. The molecule has 1 heterocycles. The second-order valence-corrected chi connectivity index (χ2v) is 7.96. The van der Waals surface area contributed by atoms with Gasteiger partial charge >= 0.3 is 5.97 Å². The molecular formula is C21H21NO3S. The van der Waals surface area contributed by atoms with Crippen LogP contribution in [0.2, 0.25) is 0 Å². The molecule has 2 aromatic carbocycles. The quantitative estimate of drug-likeness (QED) is 0.765. The number of rotatable bonds is 4. The molecule has 0 radical (unpaired) electrons. The largest absolute Gasteiger partial charge is 0.455 e. The summed E-state index contributed by atoms with van der Waals surface area (Å²) in [5.74, 6) is 0.703. The highest BCUT2D eigenvalue weighted by Crippen LogP contribution is 2.43. The van der Waals surface area contributed by atoms with Gasteiger partial charge in [0.15, 0.2) is 6.61 Å². The van der Waals surface area contributed by atoms with Gasteiger partial charge in [0.2, 0.25) is 0 Å². The molecule has 4 nitrogen and oxygen atoms in total. The summed E-state index contributed by atoms with van der Waals surface area (Å²) in [6.07, 6.45) is 0.864. The average molecular weight is 367 g/mol. The number of hydrogen-bond acceptors (Lipinski definition) is 4. The minimum Gasteiger partial charge on any atom is -0.455 e. The third kappa shape index (κ3) is 3.36. The second-order valence-electron chi connectivity index (χ2n) is 6.90. The number of fused-ring (bicyclic) bond motifs is 1. The molecule has 1 aliphatic carbocycles. The molecule has 2 aliphatic rings. The monoisotopic (exact) mass is 367 g/mol. The van der Waals surface area contributed by atoms with E-state index >= 15 is 0 Å². The maximum Gasteiger partial charge on any atom is 0.309 e. The number of anilines is 1. The maximum atomic E-state index is 13.0. The molecular weight excluding hydrogens is 346 g/mol. The SMILES string of the molecule is C[C@@H]1C[C@@H]1C(=O)OCC(=O)N1c2ccccc2SC[C@@H]1c1ccccc1. The van der Waals surface area contributed by atoms with Gasteiger partial charge in [-0.3, -0.25) is 14.5 Å². The molecule has 0 unspecified atom stereocenters. The highest BCUT2D eigenvalue weighted by Gasteiger charge is 2.41. The molecule has 134 valence electrons. The number of ether oxygens (including phenoxy) is 1. The van der Waals surface area contributed by atoms with Gasteiger partial charge < -0.3 is 4.74 Å². The van der Waals surface area contributed by atoms with Gasteiger partial charge in [0, 0.05) is 10.6 Å². The molecule has 1 fully saturated rings. The predicted molar refractivity (Wildman–Crippen MR) is 102 cm³/mol. The van der Waals surface area contributed by atoms with Crippen LogP contribution in [0.15, 0.2) is 59.5 Å². The van der Waals surface area contributed by atoms with Gasteiger partial charge in [-0.05, 0) is 30.0 Å². The summed E-state index contributed by atoms with van der Waals surface area (Å²) < 4.78 is 5.31. The van der Waals surface area contributed by atoms with Gasteiger partial charge in [-0.1, -0.05) is 49.4 Å². The summed E-state index contributed by atoms with van der Waals surface area (Å²) in [6.45, 7) is 1.82. The predicted octanol–water partition coefficient (Wildman–Crippen LogP) is 4.07. The summed E-state index contributed by atoms with van der Waals surface area (Å²) in [7, 11) is 0. The van der Waals surface area contributed by atoms with Crippen molar-refractivity contribution in [2.45, 2.75) is 24.3 Å². The summed E-state index contributed by atoms with van der Waals surface area (Å²) in [6, 6.07) is 17.8. The van der Waals surface area contributed by atoms with Crippen LogP contribution < -0.4 is 4.90 Å². The standard InChI is InChI=1S/C21H21NO3S/c1-14-11-16(14)21(24)25-12-20(23)22-17-9-5-6-10-19(17)26-13-18(22)15-7-3-2-4-8-15/h2-10,14,16,18H,11-13H2,1H3/t14-,16+,18-/m1/s1. The molecule has 1 aliphatic heterocycles. The topological polar surface area (TPSA) is 46.6 Å². The van der Waals surface area contributed by atoms with Gasteiger partial charge in [-0.15, -0.1) is 11.8 Å². The summed E-state index contributed by atoms with van der Waals surface area (Å²) in [5.41, 5.74) is 1.98. The van der Waals surface area contributed by atoms with Crippen LogP contribution in [0, 0.1) is 11.8 Å². The van der Waals surface area contributed by atoms with Crippen LogP contribution in [0.4, 0.5) is 5.69 Å². The van der Waals surface area contributed by atoms with Crippen molar-refractivity contribution in [2.75, 3.05) is 17.3 Å². The minimum atomic E-state index is -0.248. The van der Waals surface area contributed by atoms with Crippen LogP contribution in [0.1, 0.15) is 24.9 Å². The molecule has 0 spiro atoms. The molecule has 1 saturated carbocycles. The third-order valence-corrected chi connectivity index (χ3v) is 6.17. The molecule has 5 heteroatoms. The van der Waals surface area contributed by atoms with Crippen LogP contribution in [-0.4, -0.2) is 24.2 Å². The minimum absolute atomic E-state index is 0.0306. The molecule has 0 saturated heterocycles. The first-order chi connectivity index (χ1) is 12.6. The van der Waals surface area contributed by atoms with Crippen molar-refractivity contribution in [1.29, 1.82) is 0 Å². The Morgan fingerprint density at radius 2 is 1.81 bits per heavy atom. The first-order valence-corrected chi connectivity index (χ1v) is 9.89. The smallest absolute Gasteiger partial charge is 0.309 e. The van der Waals surface area contributed by atoms with Crippen molar-refractivity contribution in [1.82, 2.24) is 0 Å². The van der Waals surface area contributed by atoms with Gasteiger partial charge in [-0.25, -0.2) is 0 Å². The van der Waals surface area contributed by atoms with Crippen LogP contribution in [-0.2, 0) is 14.3 Å². The van der Waals surface area contributed by atoms with Crippen LogP contribution in [0.25, 0.3) is 0 Å². The Kier molecular flexibility index (Phi) is 4.72. The van der Waals surface area contributed by atoms with Crippen LogP contribution >= 0.6 is 11.8 Å².